The molecule has 198 valence electrons. The number of hydrogen-bond acceptors (Lipinski definition) is 6. The van der Waals surface area contributed by atoms with Gasteiger partial charge in [-0.2, -0.15) is 8.42 Å². The average molecular weight is 556 g/mol. The highest BCUT2D eigenvalue weighted by molar-refractivity contribution is 7.85. The van der Waals surface area contributed by atoms with Crippen molar-refractivity contribution < 1.29 is 25.9 Å². The minimum Gasteiger partial charge on any atom is -0.347 e. The van der Waals surface area contributed by atoms with E-state index in [0.29, 0.717) is 12.2 Å². The lowest BCUT2D eigenvalue weighted by Crippen LogP contribution is -2.46. The Morgan fingerprint density at radius 1 is 1.03 bits per heavy atom. The predicted octanol–water partition coefficient (Wildman–Crippen LogP) is 4.34. The van der Waals surface area contributed by atoms with Crippen LogP contribution in [0.25, 0.3) is 0 Å². The highest BCUT2D eigenvalue weighted by Gasteiger charge is 2.38. The van der Waals surface area contributed by atoms with Crippen LogP contribution in [0.5, 0.6) is 0 Å². The molecule has 0 aliphatic carbocycles. The van der Waals surface area contributed by atoms with Crippen LogP contribution < -0.4 is 10.6 Å². The van der Waals surface area contributed by atoms with E-state index in [0.717, 1.165) is 16.1 Å². The highest BCUT2D eigenvalue weighted by Crippen LogP contribution is 2.31. The summed E-state index contributed by atoms with van der Waals surface area (Å²) in [6, 6.07) is 14.8. The summed E-state index contributed by atoms with van der Waals surface area (Å²) in [6.45, 7) is 6.56. The van der Waals surface area contributed by atoms with Crippen molar-refractivity contribution in [1.82, 2.24) is 10.3 Å². The van der Waals surface area contributed by atoms with Gasteiger partial charge in [-0.15, -0.1) is 3.98 Å². The number of fused-ring (bicyclic) bond motifs is 1. The lowest BCUT2D eigenvalue weighted by atomic mass is 10.1. The first-order valence-electron chi connectivity index (χ1n) is 12.0. The molecule has 2 aromatic carbocycles. The topological polar surface area (TPSA) is 83.3 Å². The summed E-state index contributed by atoms with van der Waals surface area (Å²) in [4.78, 5) is 3.87. The zero-order chi connectivity index (χ0) is 27.3. The molecule has 1 aliphatic heterocycles. The predicted molar refractivity (Wildman–Crippen MR) is 145 cm³/mol. The maximum atomic E-state index is 15.0. The van der Waals surface area contributed by atoms with Crippen LogP contribution in [0, 0.1) is 23.5 Å². The fraction of sp³-hybridized carbons (Fsp3) is 0.259. The van der Waals surface area contributed by atoms with Crippen LogP contribution in [-0.4, -0.2) is 44.8 Å². The summed E-state index contributed by atoms with van der Waals surface area (Å²) in [5, 5.41) is 5.89. The Morgan fingerprint density at radius 2 is 1.79 bits per heavy atom. The number of aromatic nitrogens is 1. The molecule has 4 rings (SSSR count). The number of hydrogen-bond donors (Lipinski definition) is 2. The SMILES string of the molecule is C[Si](C)(C)CCOC[N+]1=C(NCc2ncccc2F)Nc2c(ccc(F)c2C#Cc2ccccc2)S1(=O)=O. The van der Waals surface area contributed by atoms with Crippen LogP contribution in [0.15, 0.2) is 65.7 Å². The van der Waals surface area contributed by atoms with Gasteiger partial charge in [-0.25, -0.2) is 14.1 Å². The first-order valence-corrected chi connectivity index (χ1v) is 17.2. The van der Waals surface area contributed by atoms with E-state index in [4.69, 9.17) is 4.74 Å². The van der Waals surface area contributed by atoms with E-state index in [-0.39, 0.29) is 41.1 Å². The Morgan fingerprint density at radius 3 is 2.50 bits per heavy atom. The van der Waals surface area contributed by atoms with Gasteiger partial charge in [-0.05, 0) is 42.4 Å². The summed E-state index contributed by atoms with van der Waals surface area (Å²) in [5.41, 5.74) is 0.634. The summed E-state index contributed by atoms with van der Waals surface area (Å²) >= 11 is 0. The third kappa shape index (κ3) is 6.45. The summed E-state index contributed by atoms with van der Waals surface area (Å²) in [5.74, 6) is 4.42. The first kappa shape index (κ1) is 27.4. The number of benzene rings is 2. The molecule has 0 radical (unpaired) electrons. The van der Waals surface area contributed by atoms with Gasteiger partial charge in [0, 0.05) is 26.4 Å². The van der Waals surface area contributed by atoms with Crippen LogP contribution in [0.3, 0.4) is 0 Å². The van der Waals surface area contributed by atoms with Gasteiger partial charge in [0.05, 0.1) is 0 Å². The quantitative estimate of drug-likeness (QED) is 0.195. The van der Waals surface area contributed by atoms with Crippen LogP contribution >= 0.6 is 0 Å². The zero-order valence-electron chi connectivity index (χ0n) is 21.4. The van der Waals surface area contributed by atoms with Crippen LogP contribution in [-0.2, 0) is 21.3 Å². The molecule has 3 aromatic rings. The molecule has 38 heavy (non-hydrogen) atoms. The summed E-state index contributed by atoms with van der Waals surface area (Å²) in [7, 11) is -5.58. The van der Waals surface area contributed by atoms with Crippen LogP contribution in [0.1, 0.15) is 16.8 Å². The monoisotopic (exact) mass is 555 g/mol. The smallest absolute Gasteiger partial charge is 0.347 e. The Kier molecular flexibility index (Phi) is 8.25. The lowest BCUT2D eigenvalue weighted by Gasteiger charge is -2.22. The number of nitrogens with one attached hydrogen (secondary N) is 2. The fourth-order valence-corrected chi connectivity index (χ4v) is 5.81. The lowest BCUT2D eigenvalue weighted by molar-refractivity contribution is -0.429. The van der Waals surface area contributed by atoms with E-state index in [9.17, 15) is 17.2 Å². The van der Waals surface area contributed by atoms with Crippen LogP contribution in [0.2, 0.25) is 25.7 Å². The van der Waals surface area contributed by atoms with Gasteiger partial charge in [0.1, 0.15) is 40.0 Å². The number of halogens is 2. The zero-order valence-corrected chi connectivity index (χ0v) is 23.2. The molecule has 0 spiro atoms. The number of nitrogens with zero attached hydrogens (tertiary/aromatic N) is 2. The number of anilines is 1. The molecule has 0 atom stereocenters. The number of sulfonamides is 1. The van der Waals surface area contributed by atoms with Gasteiger partial charge in [0.2, 0.25) is 0 Å². The van der Waals surface area contributed by atoms with Crippen LogP contribution in [0.4, 0.5) is 14.5 Å². The molecule has 0 amide bonds. The molecule has 7 nitrogen and oxygen atoms in total. The van der Waals surface area contributed by atoms with Gasteiger partial charge >= 0.3 is 16.0 Å². The van der Waals surface area contributed by atoms with Crippen molar-refractivity contribution in [1.29, 1.82) is 0 Å². The number of rotatable bonds is 7. The first-order chi connectivity index (χ1) is 18.1. The van der Waals surface area contributed by atoms with Crippen molar-refractivity contribution in [3.8, 4) is 11.8 Å². The number of ether oxygens (including phenoxy) is 1. The van der Waals surface area contributed by atoms with E-state index in [2.05, 4.69) is 47.1 Å². The fourth-order valence-electron chi connectivity index (χ4n) is 3.60. The largest absolute Gasteiger partial charge is 0.368 e. The van der Waals surface area contributed by atoms with Gasteiger partial charge < -0.3 is 4.74 Å². The van der Waals surface area contributed by atoms with E-state index in [1.807, 2.05) is 6.07 Å². The molecular formula is C27H29F2N4O3SSi+. The highest BCUT2D eigenvalue weighted by atomic mass is 32.2. The van der Waals surface area contributed by atoms with E-state index < -0.39 is 29.7 Å². The van der Waals surface area contributed by atoms with Crippen molar-refractivity contribution in [2.45, 2.75) is 37.1 Å². The summed E-state index contributed by atoms with van der Waals surface area (Å²) in [6.07, 6.45) is 1.44. The third-order valence-electron chi connectivity index (χ3n) is 5.75. The maximum Gasteiger partial charge on any atom is 0.368 e. The Hall–Kier alpha value is -3.59. The minimum absolute atomic E-state index is 0.00391. The van der Waals surface area contributed by atoms with Gasteiger partial charge in [0.25, 0.3) is 0 Å². The maximum absolute atomic E-state index is 15.0. The van der Waals surface area contributed by atoms with Crippen molar-refractivity contribution in [2.75, 3.05) is 18.7 Å². The van der Waals surface area contributed by atoms with E-state index in [1.54, 1.807) is 24.3 Å². The molecule has 0 fully saturated rings. The third-order valence-corrected chi connectivity index (χ3v) is 9.21. The molecule has 11 heteroatoms. The molecule has 0 bridgehead atoms. The number of pyridine rings is 1. The molecule has 0 saturated carbocycles. The minimum atomic E-state index is -4.18. The Bertz CT molecular complexity index is 1530. The van der Waals surface area contributed by atoms with Crippen molar-refractivity contribution in [3.05, 3.63) is 89.2 Å². The summed E-state index contributed by atoms with van der Waals surface area (Å²) < 4.78 is 63.4. The number of guanidine groups is 1. The van der Waals surface area contributed by atoms with Gasteiger partial charge in [-0.3, -0.25) is 10.3 Å². The molecular weight excluding hydrogens is 526 g/mol. The second-order valence-electron chi connectivity index (χ2n) is 9.87. The molecule has 2 heterocycles. The average Bonchev–Trinajstić information content (AvgIpc) is 2.86. The Labute approximate surface area is 222 Å². The van der Waals surface area contributed by atoms with Gasteiger partial charge in [-0.1, -0.05) is 49.7 Å². The van der Waals surface area contributed by atoms with Crippen molar-refractivity contribution in [2.24, 2.45) is 0 Å². The molecule has 0 unspecified atom stereocenters. The normalized spacial score (nSPS) is 14.2. The van der Waals surface area contributed by atoms with E-state index in [1.165, 1.54) is 24.4 Å². The second kappa shape index (κ2) is 11.4. The van der Waals surface area contributed by atoms with E-state index >= 15 is 0 Å². The van der Waals surface area contributed by atoms with Crippen molar-refractivity contribution in [3.63, 3.8) is 0 Å². The molecule has 0 saturated heterocycles. The molecule has 1 aliphatic rings. The van der Waals surface area contributed by atoms with Gasteiger partial charge in [0.15, 0.2) is 6.73 Å². The van der Waals surface area contributed by atoms with Crippen molar-refractivity contribution >= 4 is 29.7 Å². The molecule has 2 N–H and O–H groups in total. The standard InChI is InChI=1S/C27H28F2N4O3SSi/c1-38(2,3)17-16-36-19-33-27(31-18-24-23(29)10-7-15-30-24)32-26-21(12-11-20-8-5-4-6-9-20)22(28)13-14-25(26)37(33,34)35/h4-10,13-15H,16-19H2,1-3H3,(H,31,32)/p+1. The second-order valence-corrected chi connectivity index (χ2v) is 17.3. The molecule has 1 aromatic heterocycles. The Balaban J connectivity index is 1.73.